The van der Waals surface area contributed by atoms with Crippen molar-refractivity contribution in [1.29, 1.82) is 0 Å². The average Bonchev–Trinajstić information content (AvgIpc) is 3.40. The lowest BCUT2D eigenvalue weighted by Gasteiger charge is -2.10. The molecule has 0 fully saturated rings. The van der Waals surface area contributed by atoms with Gasteiger partial charge >= 0.3 is 0 Å². The van der Waals surface area contributed by atoms with Gasteiger partial charge < -0.3 is 9.13 Å². The van der Waals surface area contributed by atoms with Gasteiger partial charge in [0, 0.05) is 32.9 Å². The molecule has 0 unspecified atom stereocenters. The van der Waals surface area contributed by atoms with Gasteiger partial charge in [0.15, 0.2) is 0 Å². The Balaban J connectivity index is 1.66. The lowest BCUT2D eigenvalue weighted by molar-refractivity contribution is 1.11. The normalized spacial score (nSPS) is 11.8. The minimum Gasteiger partial charge on any atom is -0.309 e. The van der Waals surface area contributed by atoms with Gasteiger partial charge in [-0.3, -0.25) is 0 Å². The van der Waals surface area contributed by atoms with Crippen LogP contribution in [0, 0.1) is 6.92 Å². The number of benzene rings is 5. The Labute approximate surface area is 204 Å². The number of hydrogen-bond donors (Lipinski definition) is 0. The van der Waals surface area contributed by atoms with Crippen LogP contribution < -0.4 is 0 Å². The van der Waals surface area contributed by atoms with E-state index in [0.717, 1.165) is 6.42 Å². The van der Waals surface area contributed by atoms with Gasteiger partial charge in [0.1, 0.15) is 0 Å². The molecule has 7 aromatic rings. The smallest absolute Gasteiger partial charge is 0.0548 e. The molecule has 5 aromatic carbocycles. The van der Waals surface area contributed by atoms with Crippen LogP contribution >= 0.6 is 0 Å². The molecule has 0 aliphatic rings. The minimum atomic E-state index is 1.03. The van der Waals surface area contributed by atoms with Crippen LogP contribution in [0.5, 0.6) is 0 Å². The van der Waals surface area contributed by atoms with E-state index in [1.807, 2.05) is 0 Å². The number of rotatable bonds is 3. The highest BCUT2D eigenvalue weighted by Crippen LogP contribution is 2.39. The lowest BCUT2D eigenvalue weighted by atomic mass is 10.1. The minimum absolute atomic E-state index is 1.03. The molecule has 2 heteroatoms. The molecule has 7 rings (SSSR count). The molecule has 0 N–H and O–H groups in total. The molecular weight excluding hydrogens is 424 g/mol. The van der Waals surface area contributed by atoms with Gasteiger partial charge in [0.05, 0.1) is 22.1 Å². The Morgan fingerprint density at radius 2 is 1.03 bits per heavy atom. The Morgan fingerprint density at radius 3 is 1.60 bits per heavy atom. The first-order valence-corrected chi connectivity index (χ1v) is 12.4. The second kappa shape index (κ2) is 7.61. The average molecular weight is 451 g/mol. The van der Waals surface area contributed by atoms with Crippen molar-refractivity contribution in [3.63, 3.8) is 0 Å². The number of fused-ring (bicyclic) bond motifs is 6. The molecule has 0 aliphatic heterocycles. The summed E-state index contributed by atoms with van der Waals surface area (Å²) in [6.45, 7) is 4.38. The van der Waals surface area contributed by atoms with Gasteiger partial charge in [-0.2, -0.15) is 0 Å². The quantitative estimate of drug-likeness (QED) is 0.255. The zero-order valence-electron chi connectivity index (χ0n) is 20.0. The Kier molecular flexibility index (Phi) is 4.37. The molecule has 0 aliphatic carbocycles. The first-order chi connectivity index (χ1) is 17.2. The summed E-state index contributed by atoms with van der Waals surface area (Å²) in [5, 5.41) is 5.13. The molecule has 0 radical (unpaired) electrons. The Morgan fingerprint density at radius 1 is 0.486 bits per heavy atom. The van der Waals surface area contributed by atoms with Gasteiger partial charge in [-0.25, -0.2) is 0 Å². The number of para-hydroxylation sites is 2. The van der Waals surface area contributed by atoms with Crippen LogP contribution in [0.2, 0.25) is 0 Å². The number of hydrogen-bond acceptors (Lipinski definition) is 0. The summed E-state index contributed by atoms with van der Waals surface area (Å²) in [5.74, 6) is 0. The lowest BCUT2D eigenvalue weighted by Crippen LogP contribution is -1.95. The summed E-state index contributed by atoms with van der Waals surface area (Å²) < 4.78 is 4.85. The second-order valence-electron chi connectivity index (χ2n) is 9.45. The van der Waals surface area contributed by atoms with Crippen molar-refractivity contribution in [3.8, 4) is 11.4 Å². The molecule has 0 spiro atoms. The molecule has 2 aromatic heterocycles. The van der Waals surface area contributed by atoms with E-state index in [9.17, 15) is 0 Å². The van der Waals surface area contributed by atoms with Crippen molar-refractivity contribution in [2.45, 2.75) is 20.3 Å². The van der Waals surface area contributed by atoms with Crippen LogP contribution in [0.3, 0.4) is 0 Å². The third kappa shape index (κ3) is 2.96. The van der Waals surface area contributed by atoms with Crippen LogP contribution in [-0.4, -0.2) is 9.13 Å². The fourth-order valence-electron chi connectivity index (χ4n) is 5.67. The van der Waals surface area contributed by atoms with E-state index in [1.165, 1.54) is 66.1 Å². The highest BCUT2D eigenvalue weighted by Gasteiger charge is 2.18. The molecule has 35 heavy (non-hydrogen) atoms. The summed E-state index contributed by atoms with van der Waals surface area (Å²) in [6, 6.07) is 40.1. The van der Waals surface area contributed by atoms with E-state index in [1.54, 1.807) is 0 Å². The fraction of sp³-hybridized carbons (Fsp3) is 0.0909. The van der Waals surface area contributed by atoms with Crippen LogP contribution in [0.1, 0.15) is 18.1 Å². The van der Waals surface area contributed by atoms with Gasteiger partial charge in [-0.1, -0.05) is 67.6 Å². The van der Waals surface area contributed by atoms with Gasteiger partial charge in [-0.05, 0) is 73.0 Å². The molecule has 168 valence electrons. The predicted octanol–water partition coefficient (Wildman–Crippen LogP) is 8.75. The summed E-state index contributed by atoms with van der Waals surface area (Å²) in [6.07, 6.45) is 1.03. The third-order valence-electron chi connectivity index (χ3n) is 7.30. The molecule has 0 amide bonds. The monoisotopic (exact) mass is 450 g/mol. The van der Waals surface area contributed by atoms with Crippen molar-refractivity contribution in [2.24, 2.45) is 0 Å². The summed E-state index contributed by atoms with van der Waals surface area (Å²) in [4.78, 5) is 0. The molecule has 0 saturated carbocycles. The SMILES string of the molecule is CCc1cccc(-n2c3ccccc3c3cc4c(cc32)c2ccccc2n4-c2cccc(C)c2)c1. The third-order valence-corrected chi connectivity index (χ3v) is 7.30. The maximum atomic E-state index is 2.43. The number of aromatic nitrogens is 2. The standard InChI is InChI=1S/C33H26N2/c1-3-23-11-9-13-25(19-23)35-31-17-7-5-15-27(31)29-20-32-28(21-33(29)35)26-14-4-6-16-30(26)34(32)24-12-8-10-22(2)18-24/h4-21H,3H2,1-2H3. The zero-order valence-corrected chi connectivity index (χ0v) is 20.0. The summed E-state index contributed by atoms with van der Waals surface area (Å²) in [7, 11) is 0. The van der Waals surface area contributed by atoms with Gasteiger partial charge in [0.25, 0.3) is 0 Å². The van der Waals surface area contributed by atoms with Crippen molar-refractivity contribution in [1.82, 2.24) is 9.13 Å². The highest BCUT2D eigenvalue weighted by molar-refractivity contribution is 6.19. The van der Waals surface area contributed by atoms with Crippen molar-refractivity contribution >= 4 is 43.6 Å². The maximum absolute atomic E-state index is 2.43. The van der Waals surface area contributed by atoms with E-state index in [-0.39, 0.29) is 0 Å². The topological polar surface area (TPSA) is 9.86 Å². The van der Waals surface area contributed by atoms with E-state index in [4.69, 9.17) is 0 Å². The van der Waals surface area contributed by atoms with Crippen molar-refractivity contribution in [3.05, 3.63) is 120 Å². The number of nitrogens with zero attached hydrogens (tertiary/aromatic N) is 2. The van der Waals surface area contributed by atoms with Crippen LogP contribution in [0.25, 0.3) is 55.0 Å². The highest BCUT2D eigenvalue weighted by atomic mass is 15.0. The summed E-state index contributed by atoms with van der Waals surface area (Å²) in [5.41, 5.74) is 10.0. The van der Waals surface area contributed by atoms with Crippen molar-refractivity contribution in [2.75, 3.05) is 0 Å². The molecule has 0 atom stereocenters. The first-order valence-electron chi connectivity index (χ1n) is 12.4. The van der Waals surface area contributed by atoms with Gasteiger partial charge in [0.2, 0.25) is 0 Å². The van der Waals surface area contributed by atoms with E-state index < -0.39 is 0 Å². The van der Waals surface area contributed by atoms with E-state index in [0.29, 0.717) is 0 Å². The molecule has 0 bridgehead atoms. The van der Waals surface area contributed by atoms with E-state index in [2.05, 4.69) is 132 Å². The predicted molar refractivity (Wildman–Crippen MR) is 149 cm³/mol. The molecule has 2 nitrogen and oxygen atoms in total. The Bertz CT molecular complexity index is 1900. The van der Waals surface area contributed by atoms with Crippen molar-refractivity contribution < 1.29 is 0 Å². The summed E-state index contributed by atoms with van der Waals surface area (Å²) >= 11 is 0. The molecule has 2 heterocycles. The van der Waals surface area contributed by atoms with Gasteiger partial charge in [-0.15, -0.1) is 0 Å². The second-order valence-corrected chi connectivity index (χ2v) is 9.45. The van der Waals surface area contributed by atoms with Crippen LogP contribution in [0.15, 0.2) is 109 Å². The maximum Gasteiger partial charge on any atom is 0.0548 e. The molecular formula is C33H26N2. The van der Waals surface area contributed by atoms with Crippen LogP contribution in [0.4, 0.5) is 0 Å². The fourth-order valence-corrected chi connectivity index (χ4v) is 5.67. The van der Waals surface area contributed by atoms with Crippen LogP contribution in [-0.2, 0) is 6.42 Å². The molecule has 0 saturated heterocycles. The number of aryl methyl sites for hydroxylation is 2. The largest absolute Gasteiger partial charge is 0.309 e. The van der Waals surface area contributed by atoms with E-state index >= 15 is 0 Å². The zero-order chi connectivity index (χ0) is 23.5. The Hall–Kier alpha value is -4.30. The first kappa shape index (κ1) is 20.1.